The Hall–Kier alpha value is -2.09. The number of anilines is 1. The average Bonchev–Trinajstić information content (AvgIpc) is 3.45. The van der Waals surface area contributed by atoms with Crippen LogP contribution in [0.25, 0.3) is 0 Å². The van der Waals surface area contributed by atoms with Crippen LogP contribution in [-0.4, -0.2) is 21.0 Å². The molecule has 0 aromatic heterocycles. The van der Waals surface area contributed by atoms with E-state index in [0.717, 1.165) is 18.4 Å². The van der Waals surface area contributed by atoms with Gasteiger partial charge in [0.15, 0.2) is 0 Å². The summed E-state index contributed by atoms with van der Waals surface area (Å²) in [6.07, 6.45) is 2.16. The highest BCUT2D eigenvalue weighted by Gasteiger charge is 2.24. The lowest BCUT2D eigenvalue weighted by Gasteiger charge is -2.15. The van der Waals surface area contributed by atoms with Gasteiger partial charge in [-0.15, -0.1) is 0 Å². The second kappa shape index (κ2) is 8.29. The summed E-state index contributed by atoms with van der Waals surface area (Å²) in [6, 6.07) is 12.8. The Morgan fingerprint density at radius 1 is 1.11 bits per heavy atom. The maximum absolute atomic E-state index is 12.2. The predicted molar refractivity (Wildman–Crippen MR) is 106 cm³/mol. The van der Waals surface area contributed by atoms with Crippen molar-refractivity contribution in [3.05, 3.63) is 59.1 Å². The standard InChI is InChI=1S/C19H22ClN3O3S/c1-13(15-4-6-16(20)7-5-15)22-19(24)23-17-8-10-18(11-9-17)27(25,26)21-12-14-2-3-14/h4-11,13-14,21H,2-3,12H2,1H3,(H2,22,23,24). The molecule has 3 N–H and O–H groups in total. The number of nitrogens with one attached hydrogen (secondary N) is 3. The third-order valence-electron chi connectivity index (χ3n) is 4.40. The lowest BCUT2D eigenvalue weighted by atomic mass is 10.1. The Balaban J connectivity index is 1.55. The summed E-state index contributed by atoms with van der Waals surface area (Å²) in [6.45, 7) is 2.34. The van der Waals surface area contributed by atoms with Gasteiger partial charge in [-0.2, -0.15) is 0 Å². The fraction of sp³-hybridized carbons (Fsp3) is 0.316. The van der Waals surface area contributed by atoms with Gasteiger partial charge in [-0.25, -0.2) is 17.9 Å². The van der Waals surface area contributed by atoms with Crippen molar-refractivity contribution < 1.29 is 13.2 Å². The molecule has 0 heterocycles. The van der Waals surface area contributed by atoms with E-state index in [9.17, 15) is 13.2 Å². The molecule has 1 atom stereocenters. The molecule has 1 aliphatic carbocycles. The fourth-order valence-corrected chi connectivity index (χ4v) is 3.79. The fourth-order valence-electron chi connectivity index (χ4n) is 2.55. The molecule has 2 aromatic rings. The first kappa shape index (κ1) is 19.7. The molecule has 2 aromatic carbocycles. The number of carbonyl (C=O) groups excluding carboxylic acids is 1. The van der Waals surface area contributed by atoms with E-state index < -0.39 is 10.0 Å². The van der Waals surface area contributed by atoms with E-state index >= 15 is 0 Å². The SMILES string of the molecule is CC(NC(=O)Nc1ccc(S(=O)(=O)NCC2CC2)cc1)c1ccc(Cl)cc1. The third kappa shape index (κ3) is 5.69. The first-order chi connectivity index (χ1) is 12.8. The highest BCUT2D eigenvalue weighted by molar-refractivity contribution is 7.89. The van der Waals surface area contributed by atoms with Gasteiger partial charge in [0.2, 0.25) is 10.0 Å². The molecule has 1 aliphatic rings. The lowest BCUT2D eigenvalue weighted by Crippen LogP contribution is -2.31. The van der Waals surface area contributed by atoms with E-state index in [1.54, 1.807) is 24.3 Å². The van der Waals surface area contributed by atoms with Crippen molar-refractivity contribution in [2.24, 2.45) is 5.92 Å². The van der Waals surface area contributed by atoms with Gasteiger partial charge in [0, 0.05) is 17.3 Å². The number of urea groups is 1. The van der Waals surface area contributed by atoms with Crippen molar-refractivity contribution in [2.75, 3.05) is 11.9 Å². The van der Waals surface area contributed by atoms with Crippen LogP contribution in [0.2, 0.25) is 5.02 Å². The summed E-state index contributed by atoms with van der Waals surface area (Å²) in [5.74, 6) is 0.465. The quantitative estimate of drug-likeness (QED) is 0.650. The van der Waals surface area contributed by atoms with Gasteiger partial charge in [0.05, 0.1) is 10.9 Å². The van der Waals surface area contributed by atoms with Crippen molar-refractivity contribution in [1.82, 2.24) is 10.0 Å². The Labute approximate surface area is 164 Å². The molecule has 144 valence electrons. The number of amides is 2. The van der Waals surface area contributed by atoms with Gasteiger partial charge in [0.1, 0.15) is 0 Å². The highest BCUT2D eigenvalue weighted by atomic mass is 35.5. The van der Waals surface area contributed by atoms with Crippen molar-refractivity contribution in [3.8, 4) is 0 Å². The minimum atomic E-state index is -3.51. The molecule has 1 unspecified atom stereocenters. The second-order valence-corrected chi connectivity index (χ2v) is 8.89. The molecule has 0 bridgehead atoms. The van der Waals surface area contributed by atoms with Crippen LogP contribution in [0.5, 0.6) is 0 Å². The van der Waals surface area contributed by atoms with Crippen LogP contribution in [0.4, 0.5) is 10.5 Å². The van der Waals surface area contributed by atoms with Crippen molar-refractivity contribution in [2.45, 2.75) is 30.7 Å². The van der Waals surface area contributed by atoms with E-state index in [1.165, 1.54) is 12.1 Å². The Morgan fingerprint density at radius 2 is 1.74 bits per heavy atom. The molecular formula is C19H22ClN3O3S. The van der Waals surface area contributed by atoms with Crippen molar-refractivity contribution in [1.29, 1.82) is 0 Å². The van der Waals surface area contributed by atoms with E-state index in [4.69, 9.17) is 11.6 Å². The molecule has 0 radical (unpaired) electrons. The molecular weight excluding hydrogens is 386 g/mol. The topological polar surface area (TPSA) is 87.3 Å². The zero-order valence-corrected chi connectivity index (χ0v) is 16.5. The van der Waals surface area contributed by atoms with Crippen molar-refractivity contribution >= 4 is 33.3 Å². The second-order valence-electron chi connectivity index (χ2n) is 6.69. The smallest absolute Gasteiger partial charge is 0.319 e. The van der Waals surface area contributed by atoms with Crippen LogP contribution >= 0.6 is 11.6 Å². The molecule has 3 rings (SSSR count). The van der Waals surface area contributed by atoms with Crippen LogP contribution in [0.15, 0.2) is 53.4 Å². The van der Waals surface area contributed by atoms with E-state index in [-0.39, 0.29) is 17.0 Å². The summed E-state index contributed by atoms with van der Waals surface area (Å²) in [7, 11) is -3.51. The van der Waals surface area contributed by atoms with Crippen LogP contribution in [-0.2, 0) is 10.0 Å². The minimum Gasteiger partial charge on any atom is -0.331 e. The predicted octanol–water partition coefficient (Wildman–Crippen LogP) is 3.91. The molecule has 6 nitrogen and oxygen atoms in total. The summed E-state index contributed by atoms with van der Waals surface area (Å²) in [5.41, 5.74) is 1.44. The number of hydrogen-bond acceptors (Lipinski definition) is 3. The van der Waals surface area contributed by atoms with Gasteiger partial charge >= 0.3 is 6.03 Å². The Bertz CT molecular complexity index is 895. The molecule has 8 heteroatoms. The summed E-state index contributed by atoms with van der Waals surface area (Å²) >= 11 is 5.87. The van der Waals surface area contributed by atoms with Gasteiger partial charge in [0.25, 0.3) is 0 Å². The van der Waals surface area contributed by atoms with Crippen LogP contribution in [0.3, 0.4) is 0 Å². The maximum Gasteiger partial charge on any atom is 0.319 e. The number of hydrogen-bond donors (Lipinski definition) is 3. The number of benzene rings is 2. The van der Waals surface area contributed by atoms with Gasteiger partial charge < -0.3 is 10.6 Å². The van der Waals surface area contributed by atoms with Crippen LogP contribution < -0.4 is 15.4 Å². The van der Waals surface area contributed by atoms with Crippen molar-refractivity contribution in [3.63, 3.8) is 0 Å². The molecule has 27 heavy (non-hydrogen) atoms. The Morgan fingerprint density at radius 3 is 2.33 bits per heavy atom. The highest BCUT2D eigenvalue weighted by Crippen LogP contribution is 2.28. The zero-order valence-electron chi connectivity index (χ0n) is 14.9. The molecule has 0 saturated heterocycles. The first-order valence-corrected chi connectivity index (χ1v) is 10.6. The average molecular weight is 408 g/mol. The van der Waals surface area contributed by atoms with E-state index in [2.05, 4.69) is 15.4 Å². The molecule has 1 saturated carbocycles. The summed E-state index contributed by atoms with van der Waals surface area (Å²) in [4.78, 5) is 12.3. The normalized spacial score (nSPS) is 15.2. The first-order valence-electron chi connectivity index (χ1n) is 8.76. The third-order valence-corrected chi connectivity index (χ3v) is 6.09. The lowest BCUT2D eigenvalue weighted by molar-refractivity contribution is 0.249. The van der Waals surface area contributed by atoms with Gasteiger partial charge in [-0.1, -0.05) is 23.7 Å². The molecule has 0 aliphatic heterocycles. The number of rotatable bonds is 7. The van der Waals surface area contributed by atoms with Crippen LogP contribution in [0.1, 0.15) is 31.4 Å². The number of carbonyl (C=O) groups is 1. The summed E-state index contributed by atoms with van der Waals surface area (Å²) < 4.78 is 27.0. The number of halogens is 1. The maximum atomic E-state index is 12.2. The monoisotopic (exact) mass is 407 g/mol. The molecule has 0 spiro atoms. The van der Waals surface area contributed by atoms with E-state index in [0.29, 0.717) is 23.2 Å². The Kier molecular flexibility index (Phi) is 6.04. The minimum absolute atomic E-state index is 0.184. The zero-order chi connectivity index (χ0) is 19.4. The summed E-state index contributed by atoms with van der Waals surface area (Å²) in [5, 5.41) is 6.16. The van der Waals surface area contributed by atoms with Crippen LogP contribution in [0, 0.1) is 5.92 Å². The number of sulfonamides is 1. The van der Waals surface area contributed by atoms with E-state index in [1.807, 2.05) is 19.1 Å². The largest absolute Gasteiger partial charge is 0.331 e. The molecule has 1 fully saturated rings. The molecule has 2 amide bonds. The van der Waals surface area contributed by atoms with Gasteiger partial charge in [-0.3, -0.25) is 0 Å². The van der Waals surface area contributed by atoms with Gasteiger partial charge in [-0.05, 0) is 67.6 Å².